The number of Topliss-reactive ketones (excluding diaryl/α,β-unsaturated/α-hetero) is 1. The molecule has 3 rings (SSSR count). The molecule has 1 fully saturated rings. The zero-order chi connectivity index (χ0) is 47.7. The summed E-state index contributed by atoms with van der Waals surface area (Å²) in [5, 5.41) is 6.03. The molecule has 1 aliphatic rings. The molecule has 362 valence electrons. The third kappa shape index (κ3) is 15.7. The molecule has 64 heavy (non-hydrogen) atoms. The minimum atomic E-state index is -0.790. The highest BCUT2D eigenvalue weighted by atomic mass is 32.1. The standard InChI is InChI=1S/C50H84N6O7S/c1-15-36(8)46(55(12)50(60)44(33(2)3)52-48(59)45(34(4)5)54(11)26-28-63-27-25-53(10)35(6)7)42(61-13)32-43(58)56-24-19-22-40(56)47(62-14)37(9)41(57)31-39(49-51-23-29-64-49)30-38-20-17-16-18-21-38/h16-18,20-21,23,29,33-37,39-40,42,44-47H,15,19,22,24-28,30-32H2,1-14H3,(H,52,59)/t36-,37-,39+,40-,42+,44-,45-,46-,47+/m0/s1. The van der Waals surface area contributed by atoms with Crippen LogP contribution >= 0.6 is 11.3 Å². The highest BCUT2D eigenvalue weighted by Crippen LogP contribution is 2.33. The molecule has 0 radical (unpaired) electrons. The first-order valence-electron chi connectivity index (χ1n) is 23.7. The molecule has 1 aromatic carbocycles. The summed E-state index contributed by atoms with van der Waals surface area (Å²) in [6.07, 6.45) is 4.02. The maximum Gasteiger partial charge on any atom is 0.245 e. The average molecular weight is 913 g/mol. The number of ether oxygens (including phenoxy) is 3. The molecule has 2 heterocycles. The van der Waals surface area contributed by atoms with E-state index in [4.69, 9.17) is 14.2 Å². The Kier molecular flexibility index (Phi) is 23.6. The minimum Gasteiger partial charge on any atom is -0.379 e. The number of carbonyl (C=O) groups is 4. The Morgan fingerprint density at radius 1 is 0.891 bits per heavy atom. The molecule has 0 aliphatic carbocycles. The van der Waals surface area contributed by atoms with E-state index in [2.05, 4.69) is 62.1 Å². The minimum absolute atomic E-state index is 0.0113. The van der Waals surface area contributed by atoms with Crippen LogP contribution in [0.2, 0.25) is 0 Å². The number of rotatable bonds is 29. The van der Waals surface area contributed by atoms with E-state index in [9.17, 15) is 19.2 Å². The van der Waals surface area contributed by atoms with Gasteiger partial charge in [-0.3, -0.25) is 24.1 Å². The number of likely N-dealkylation sites (tertiary alicyclic amines) is 1. The average Bonchev–Trinajstić information content (AvgIpc) is 3.99. The Morgan fingerprint density at radius 3 is 2.09 bits per heavy atom. The third-order valence-electron chi connectivity index (χ3n) is 13.6. The smallest absolute Gasteiger partial charge is 0.245 e. The van der Waals surface area contributed by atoms with Crippen molar-refractivity contribution in [2.45, 2.75) is 149 Å². The molecule has 9 atom stereocenters. The van der Waals surface area contributed by atoms with Crippen LogP contribution in [0, 0.1) is 23.7 Å². The first-order valence-corrected chi connectivity index (χ1v) is 24.6. The van der Waals surface area contributed by atoms with E-state index in [0.717, 1.165) is 36.4 Å². The molecule has 1 aliphatic heterocycles. The zero-order valence-corrected chi connectivity index (χ0v) is 42.6. The Balaban J connectivity index is 1.74. The maximum atomic E-state index is 14.6. The van der Waals surface area contributed by atoms with Crippen molar-refractivity contribution in [2.24, 2.45) is 23.7 Å². The van der Waals surface area contributed by atoms with Crippen LogP contribution in [-0.4, -0.2) is 159 Å². The number of hydrogen-bond acceptors (Lipinski definition) is 11. The summed E-state index contributed by atoms with van der Waals surface area (Å²) in [5.74, 6) is -1.18. The summed E-state index contributed by atoms with van der Waals surface area (Å²) >= 11 is 1.57. The number of methoxy groups -OCH3 is 2. The largest absolute Gasteiger partial charge is 0.379 e. The highest BCUT2D eigenvalue weighted by molar-refractivity contribution is 7.09. The lowest BCUT2D eigenvalue weighted by Gasteiger charge is -2.41. The Labute approximate surface area is 390 Å². The lowest BCUT2D eigenvalue weighted by atomic mass is 9.85. The van der Waals surface area contributed by atoms with Crippen LogP contribution in [0.3, 0.4) is 0 Å². The molecule has 1 aromatic heterocycles. The van der Waals surface area contributed by atoms with Crippen molar-refractivity contribution in [3.63, 3.8) is 0 Å². The van der Waals surface area contributed by atoms with E-state index >= 15 is 0 Å². The van der Waals surface area contributed by atoms with Gasteiger partial charge in [0.1, 0.15) is 11.8 Å². The molecule has 2 aromatic rings. The monoisotopic (exact) mass is 913 g/mol. The van der Waals surface area contributed by atoms with Crippen molar-refractivity contribution in [3.05, 3.63) is 52.5 Å². The predicted octanol–water partition coefficient (Wildman–Crippen LogP) is 6.80. The van der Waals surface area contributed by atoms with Gasteiger partial charge in [0.2, 0.25) is 17.7 Å². The molecule has 1 saturated heterocycles. The van der Waals surface area contributed by atoms with Gasteiger partial charge in [0, 0.05) is 76.8 Å². The third-order valence-corrected chi connectivity index (χ3v) is 14.5. The lowest BCUT2D eigenvalue weighted by Crippen LogP contribution is -2.60. The van der Waals surface area contributed by atoms with Crippen LogP contribution in [0.25, 0.3) is 0 Å². The van der Waals surface area contributed by atoms with Crippen LogP contribution in [0.15, 0.2) is 41.9 Å². The van der Waals surface area contributed by atoms with Crippen LogP contribution in [0.4, 0.5) is 0 Å². The summed E-state index contributed by atoms with van der Waals surface area (Å²) in [5.41, 5.74) is 1.15. The van der Waals surface area contributed by atoms with Crippen LogP contribution in [0.1, 0.15) is 111 Å². The van der Waals surface area contributed by atoms with E-state index in [-0.39, 0.29) is 59.6 Å². The first-order chi connectivity index (χ1) is 30.4. The number of benzene rings is 1. The fourth-order valence-electron chi connectivity index (χ4n) is 9.25. The van der Waals surface area contributed by atoms with E-state index < -0.39 is 36.3 Å². The van der Waals surface area contributed by atoms with Crippen molar-refractivity contribution in [1.29, 1.82) is 0 Å². The molecule has 1 N–H and O–H groups in total. The van der Waals surface area contributed by atoms with Gasteiger partial charge in [-0.15, -0.1) is 11.3 Å². The van der Waals surface area contributed by atoms with E-state index in [0.29, 0.717) is 45.2 Å². The number of carbonyl (C=O) groups excluding carboxylic acids is 4. The number of nitrogens with one attached hydrogen (secondary N) is 1. The van der Waals surface area contributed by atoms with Gasteiger partial charge in [0.05, 0.1) is 55.0 Å². The number of hydrogen-bond donors (Lipinski definition) is 1. The second-order valence-corrected chi connectivity index (χ2v) is 20.0. The molecule has 14 heteroatoms. The molecule has 13 nitrogen and oxygen atoms in total. The van der Waals surface area contributed by atoms with Crippen LogP contribution in [0.5, 0.6) is 0 Å². The molecule has 0 unspecified atom stereocenters. The van der Waals surface area contributed by atoms with Gasteiger partial charge in [0.15, 0.2) is 0 Å². The van der Waals surface area contributed by atoms with Crippen LogP contribution in [-0.2, 0) is 39.8 Å². The van der Waals surface area contributed by atoms with Gasteiger partial charge in [-0.25, -0.2) is 4.98 Å². The molecule has 0 saturated carbocycles. The van der Waals surface area contributed by atoms with Crippen molar-refractivity contribution in [2.75, 3.05) is 68.2 Å². The number of nitrogens with zero attached hydrogens (tertiary/aromatic N) is 5. The van der Waals surface area contributed by atoms with Gasteiger partial charge in [-0.1, -0.05) is 85.2 Å². The van der Waals surface area contributed by atoms with E-state index in [1.54, 1.807) is 43.7 Å². The molecule has 0 spiro atoms. The fraction of sp³-hybridized carbons (Fsp3) is 0.740. The first kappa shape index (κ1) is 55.1. The Bertz CT molecular complexity index is 1680. The second kappa shape index (κ2) is 27.4. The van der Waals surface area contributed by atoms with E-state index in [1.807, 2.05) is 75.0 Å². The van der Waals surface area contributed by atoms with Gasteiger partial charge in [-0.05, 0) is 70.5 Å². The van der Waals surface area contributed by atoms with Gasteiger partial charge >= 0.3 is 0 Å². The quantitative estimate of drug-likeness (QED) is 0.0870. The number of amides is 3. The zero-order valence-electron chi connectivity index (χ0n) is 41.7. The predicted molar refractivity (Wildman–Crippen MR) is 257 cm³/mol. The molecule has 0 bridgehead atoms. The van der Waals surface area contributed by atoms with Crippen molar-refractivity contribution < 1.29 is 33.4 Å². The van der Waals surface area contributed by atoms with E-state index in [1.165, 1.54) is 0 Å². The summed E-state index contributed by atoms with van der Waals surface area (Å²) in [6, 6.07) is 8.63. The highest BCUT2D eigenvalue weighted by Gasteiger charge is 2.43. The van der Waals surface area contributed by atoms with Gasteiger partial charge < -0.3 is 34.2 Å². The lowest BCUT2D eigenvalue weighted by molar-refractivity contribution is -0.148. The summed E-state index contributed by atoms with van der Waals surface area (Å²) < 4.78 is 18.2. The normalized spacial score (nSPS) is 18.3. The molecular formula is C50H84N6O7S. The summed E-state index contributed by atoms with van der Waals surface area (Å²) in [7, 11) is 8.99. The fourth-order valence-corrected chi connectivity index (χ4v) is 9.99. The summed E-state index contributed by atoms with van der Waals surface area (Å²) in [4.78, 5) is 69.6. The Hall–Kier alpha value is -3.27. The van der Waals surface area contributed by atoms with Gasteiger partial charge in [-0.2, -0.15) is 0 Å². The SMILES string of the molecule is CC[C@H](C)[C@@H]([C@@H](CC(=O)N1CCC[C@H]1[C@H](OC)[C@@H](C)C(=O)C[C@@H](Cc1ccccc1)c1nccs1)OC)N(C)C(=O)[C@@H](NC(=O)[C@H](C(C)C)N(C)CCOCCN(C)C(C)C)C(C)C. The van der Waals surface area contributed by atoms with Gasteiger partial charge in [0.25, 0.3) is 0 Å². The van der Waals surface area contributed by atoms with Crippen molar-refractivity contribution in [3.8, 4) is 0 Å². The second-order valence-electron chi connectivity index (χ2n) is 19.1. The maximum absolute atomic E-state index is 14.6. The Morgan fingerprint density at radius 2 is 1.55 bits per heavy atom. The molecule has 3 amide bonds. The molecular weight excluding hydrogens is 829 g/mol. The number of aromatic nitrogens is 1. The number of thiazole rings is 1. The van der Waals surface area contributed by atoms with Crippen LogP contribution < -0.4 is 5.32 Å². The topological polar surface area (TPSA) is 134 Å². The summed E-state index contributed by atoms with van der Waals surface area (Å²) in [6.45, 7) is 21.3. The number of ketones is 1. The van der Waals surface area contributed by atoms with Crippen molar-refractivity contribution in [1.82, 2.24) is 29.9 Å². The number of likely N-dealkylation sites (N-methyl/N-ethyl adjacent to an activating group) is 3. The van der Waals surface area contributed by atoms with Crippen molar-refractivity contribution >= 4 is 34.8 Å².